The summed E-state index contributed by atoms with van der Waals surface area (Å²) in [4.78, 5) is 48.2. The number of carbonyl (C=O) groups excluding carboxylic acids is 4. The van der Waals surface area contributed by atoms with Crippen molar-refractivity contribution in [2.75, 3.05) is 6.61 Å². The third-order valence-electron chi connectivity index (χ3n) is 5.59. The maximum atomic E-state index is 12.7. The Morgan fingerprint density at radius 2 is 1.86 bits per heavy atom. The van der Waals surface area contributed by atoms with Crippen LogP contribution in [0.25, 0.3) is 0 Å². The lowest BCUT2D eigenvalue weighted by molar-refractivity contribution is -0.140. The number of benzene rings is 1. The van der Waals surface area contributed by atoms with Crippen LogP contribution in [0.5, 0.6) is 5.75 Å². The van der Waals surface area contributed by atoms with Gasteiger partial charge in [-0.3, -0.25) is 15.0 Å². The largest absolute Gasteiger partial charge is 0.484 e. The van der Waals surface area contributed by atoms with Crippen molar-refractivity contribution < 1.29 is 23.9 Å². The molecule has 0 bridgehead atoms. The quantitative estimate of drug-likeness (QED) is 0.681. The Bertz CT molecular complexity index is 797. The molecule has 156 valence electrons. The molecule has 0 radical (unpaired) electrons. The number of hydrazine groups is 1. The smallest absolute Gasteiger partial charge is 0.344 e. The van der Waals surface area contributed by atoms with Gasteiger partial charge in [-0.25, -0.2) is 4.79 Å². The molecule has 1 aromatic carbocycles. The van der Waals surface area contributed by atoms with Gasteiger partial charge in [0.25, 0.3) is 11.8 Å². The van der Waals surface area contributed by atoms with Gasteiger partial charge in [0, 0.05) is 6.42 Å². The zero-order chi connectivity index (χ0) is 21.0. The van der Waals surface area contributed by atoms with E-state index in [0.717, 1.165) is 23.4 Å². The molecule has 3 rings (SSSR count). The molecular formula is C21H27N3O5. The number of nitrogens with one attached hydrogen (secondary N) is 2. The van der Waals surface area contributed by atoms with E-state index in [1.54, 1.807) is 19.1 Å². The molecule has 4 amide bonds. The highest BCUT2D eigenvalue weighted by Gasteiger charge is 2.52. The Kier molecular flexibility index (Phi) is 6.20. The van der Waals surface area contributed by atoms with Crippen LogP contribution >= 0.6 is 0 Å². The minimum absolute atomic E-state index is 0.131. The Labute approximate surface area is 169 Å². The highest BCUT2D eigenvalue weighted by Crippen LogP contribution is 2.35. The van der Waals surface area contributed by atoms with Crippen molar-refractivity contribution in [3.8, 4) is 5.75 Å². The second-order valence-corrected chi connectivity index (χ2v) is 8.00. The lowest BCUT2D eigenvalue weighted by Gasteiger charge is -2.33. The molecule has 2 fully saturated rings. The molecule has 1 saturated carbocycles. The fourth-order valence-electron chi connectivity index (χ4n) is 3.69. The average molecular weight is 401 g/mol. The van der Waals surface area contributed by atoms with Crippen LogP contribution in [-0.4, -0.2) is 40.8 Å². The molecule has 0 aromatic heterocycles. The van der Waals surface area contributed by atoms with Gasteiger partial charge in [0.05, 0.1) is 0 Å². The molecule has 1 saturated heterocycles. The number of hydrogen-bond donors (Lipinski definition) is 2. The lowest BCUT2D eigenvalue weighted by atomic mass is 9.77. The number of carbonyl (C=O) groups is 4. The van der Waals surface area contributed by atoms with E-state index in [1.807, 2.05) is 12.1 Å². The third-order valence-corrected chi connectivity index (χ3v) is 5.59. The molecule has 2 N–H and O–H groups in total. The van der Waals surface area contributed by atoms with Crippen LogP contribution in [0.1, 0.15) is 51.5 Å². The average Bonchev–Trinajstić information content (AvgIpc) is 2.92. The monoisotopic (exact) mass is 401 g/mol. The number of ketones is 1. The number of hydrogen-bond acceptors (Lipinski definition) is 5. The van der Waals surface area contributed by atoms with Crippen LogP contribution in [0, 0.1) is 5.92 Å². The molecule has 1 aliphatic carbocycles. The standard InChI is InChI=1S/C21H27N3O5/c1-14-9-11-21(12-10-14)19(27)24(20(28)22-21)23-18(26)13-29-17-7-5-16(6-8-17)4-3-15(2)25/h5-8,14H,3-4,9-13H2,1-2H3,(H,22,28)(H,23,26). The van der Waals surface area contributed by atoms with Crippen LogP contribution in [0.15, 0.2) is 24.3 Å². The maximum Gasteiger partial charge on any atom is 0.344 e. The summed E-state index contributed by atoms with van der Waals surface area (Å²) in [6, 6.07) is 6.50. The molecule has 0 unspecified atom stereocenters. The second-order valence-electron chi connectivity index (χ2n) is 8.00. The van der Waals surface area contributed by atoms with Gasteiger partial charge in [-0.2, -0.15) is 5.01 Å². The minimum Gasteiger partial charge on any atom is -0.484 e. The van der Waals surface area contributed by atoms with Crippen molar-refractivity contribution in [1.82, 2.24) is 15.8 Å². The van der Waals surface area contributed by atoms with Crippen molar-refractivity contribution in [2.45, 2.75) is 57.9 Å². The van der Waals surface area contributed by atoms with Gasteiger partial charge in [0.2, 0.25) is 0 Å². The number of amides is 4. The van der Waals surface area contributed by atoms with Crippen LogP contribution in [0.2, 0.25) is 0 Å². The van der Waals surface area contributed by atoms with Crippen molar-refractivity contribution in [3.05, 3.63) is 29.8 Å². The van der Waals surface area contributed by atoms with E-state index < -0.39 is 23.4 Å². The van der Waals surface area contributed by atoms with Crippen molar-refractivity contribution in [2.24, 2.45) is 5.92 Å². The van der Waals surface area contributed by atoms with Gasteiger partial charge < -0.3 is 14.8 Å². The summed E-state index contributed by atoms with van der Waals surface area (Å²) in [5, 5.41) is 3.52. The highest BCUT2D eigenvalue weighted by atomic mass is 16.5. The number of ether oxygens (including phenoxy) is 1. The molecular weight excluding hydrogens is 374 g/mol. The highest BCUT2D eigenvalue weighted by molar-refractivity contribution is 6.08. The van der Waals surface area contributed by atoms with Crippen LogP contribution < -0.4 is 15.5 Å². The van der Waals surface area contributed by atoms with E-state index >= 15 is 0 Å². The first-order valence-corrected chi connectivity index (χ1v) is 9.96. The van der Waals surface area contributed by atoms with Gasteiger partial charge >= 0.3 is 6.03 Å². The Morgan fingerprint density at radius 1 is 1.21 bits per heavy atom. The van der Waals surface area contributed by atoms with Crippen molar-refractivity contribution >= 4 is 23.6 Å². The first kappa shape index (κ1) is 20.8. The Hall–Kier alpha value is -2.90. The summed E-state index contributed by atoms with van der Waals surface area (Å²) in [5.74, 6) is 0.151. The summed E-state index contributed by atoms with van der Waals surface area (Å²) in [7, 11) is 0. The summed E-state index contributed by atoms with van der Waals surface area (Å²) in [6.45, 7) is 3.35. The fourth-order valence-corrected chi connectivity index (χ4v) is 3.69. The fraction of sp³-hybridized carbons (Fsp3) is 0.524. The molecule has 8 nitrogen and oxygen atoms in total. The van der Waals surface area contributed by atoms with E-state index in [1.165, 1.54) is 0 Å². The molecule has 1 spiro atoms. The summed E-state index contributed by atoms with van der Waals surface area (Å²) < 4.78 is 5.43. The number of rotatable bonds is 7. The molecule has 1 aliphatic heterocycles. The number of nitrogens with zero attached hydrogens (tertiary/aromatic N) is 1. The Balaban J connectivity index is 1.50. The number of aryl methyl sites for hydroxylation is 1. The maximum absolute atomic E-state index is 12.7. The number of imide groups is 1. The first-order valence-electron chi connectivity index (χ1n) is 9.96. The topological polar surface area (TPSA) is 105 Å². The van der Waals surface area contributed by atoms with Crippen LogP contribution in [-0.2, 0) is 20.8 Å². The van der Waals surface area contributed by atoms with E-state index in [0.29, 0.717) is 37.4 Å². The molecule has 1 heterocycles. The van der Waals surface area contributed by atoms with Gasteiger partial charge in [-0.1, -0.05) is 19.1 Å². The van der Waals surface area contributed by atoms with E-state index in [9.17, 15) is 19.2 Å². The molecule has 2 aliphatic rings. The number of Topliss-reactive ketones (excluding diaryl/α,β-unsaturated/α-hetero) is 1. The summed E-state index contributed by atoms with van der Waals surface area (Å²) >= 11 is 0. The zero-order valence-electron chi connectivity index (χ0n) is 16.8. The number of urea groups is 1. The van der Waals surface area contributed by atoms with Gasteiger partial charge in [-0.05, 0) is 62.6 Å². The first-order chi connectivity index (χ1) is 13.8. The van der Waals surface area contributed by atoms with E-state index in [4.69, 9.17) is 4.74 Å². The summed E-state index contributed by atoms with van der Waals surface area (Å²) in [5.41, 5.74) is 2.45. The SMILES string of the molecule is CC(=O)CCc1ccc(OCC(=O)NN2C(=O)NC3(CCC(C)CC3)C2=O)cc1. The van der Waals surface area contributed by atoms with Crippen molar-refractivity contribution in [3.63, 3.8) is 0 Å². The molecule has 0 atom stereocenters. The Morgan fingerprint density at radius 3 is 2.48 bits per heavy atom. The predicted octanol–water partition coefficient (Wildman–Crippen LogP) is 2.12. The second kappa shape index (κ2) is 8.63. The third kappa shape index (κ3) is 4.93. The van der Waals surface area contributed by atoms with E-state index in [2.05, 4.69) is 17.7 Å². The van der Waals surface area contributed by atoms with Gasteiger partial charge in [-0.15, -0.1) is 0 Å². The molecule has 8 heteroatoms. The summed E-state index contributed by atoms with van der Waals surface area (Å²) in [6.07, 6.45) is 4.02. The lowest BCUT2D eigenvalue weighted by Crippen LogP contribution is -2.52. The normalized spacial score (nSPS) is 23.8. The van der Waals surface area contributed by atoms with E-state index in [-0.39, 0.29) is 12.4 Å². The van der Waals surface area contributed by atoms with Gasteiger partial charge in [0.15, 0.2) is 6.61 Å². The van der Waals surface area contributed by atoms with Crippen LogP contribution in [0.4, 0.5) is 4.79 Å². The van der Waals surface area contributed by atoms with Crippen LogP contribution in [0.3, 0.4) is 0 Å². The van der Waals surface area contributed by atoms with Crippen molar-refractivity contribution in [1.29, 1.82) is 0 Å². The molecule has 1 aromatic rings. The predicted molar refractivity (Wildman–Crippen MR) is 105 cm³/mol. The zero-order valence-corrected chi connectivity index (χ0v) is 16.8. The minimum atomic E-state index is -0.895. The molecule has 29 heavy (non-hydrogen) atoms. The van der Waals surface area contributed by atoms with Gasteiger partial charge in [0.1, 0.15) is 17.1 Å².